The van der Waals surface area contributed by atoms with Gasteiger partial charge in [0.05, 0.1) is 6.04 Å². The minimum atomic E-state index is -0.231. The number of amides is 1. The van der Waals surface area contributed by atoms with E-state index in [0.717, 1.165) is 0 Å². The molecule has 1 heterocycles. The minimum Gasteiger partial charge on any atom is -0.368 e. The minimum absolute atomic E-state index is 0.205. The number of rotatable bonds is 7. The van der Waals surface area contributed by atoms with Gasteiger partial charge in [-0.1, -0.05) is 20.8 Å². The molecule has 2 atom stereocenters. The summed E-state index contributed by atoms with van der Waals surface area (Å²) < 4.78 is 0. The van der Waals surface area contributed by atoms with Gasteiger partial charge in [0.2, 0.25) is 5.91 Å². The highest BCUT2D eigenvalue weighted by Crippen LogP contribution is 2.21. The zero-order chi connectivity index (χ0) is 14.4. The summed E-state index contributed by atoms with van der Waals surface area (Å²) in [6.45, 7) is 12.1. The van der Waals surface area contributed by atoms with Gasteiger partial charge in [0.15, 0.2) is 0 Å². The van der Waals surface area contributed by atoms with Gasteiger partial charge in [-0.05, 0) is 57.7 Å². The van der Waals surface area contributed by atoms with Gasteiger partial charge in [-0.2, -0.15) is 0 Å². The Morgan fingerprint density at radius 1 is 1.32 bits per heavy atom. The topological polar surface area (TPSA) is 58.4 Å². The van der Waals surface area contributed by atoms with Crippen LogP contribution in [0.5, 0.6) is 0 Å². The monoisotopic (exact) mass is 269 g/mol. The summed E-state index contributed by atoms with van der Waals surface area (Å²) in [6.07, 6.45) is 3.67. The number of carbonyl (C=O) groups excluding carboxylic acids is 1. The van der Waals surface area contributed by atoms with Crippen LogP contribution in [0.15, 0.2) is 0 Å². The second-order valence-electron chi connectivity index (χ2n) is 6.26. The molecule has 2 unspecified atom stereocenters. The Labute approximate surface area is 118 Å². The van der Waals surface area contributed by atoms with Crippen LogP contribution in [0.4, 0.5) is 0 Å². The van der Waals surface area contributed by atoms with Crippen molar-refractivity contribution in [3.05, 3.63) is 0 Å². The van der Waals surface area contributed by atoms with Gasteiger partial charge in [-0.3, -0.25) is 4.79 Å². The zero-order valence-corrected chi connectivity index (χ0v) is 13.0. The Balaban J connectivity index is 2.42. The number of nitrogens with one attached hydrogen (secondary N) is 1. The summed E-state index contributed by atoms with van der Waals surface area (Å²) in [7, 11) is 0. The zero-order valence-electron chi connectivity index (χ0n) is 13.0. The third-order valence-corrected chi connectivity index (χ3v) is 4.29. The van der Waals surface area contributed by atoms with Gasteiger partial charge in [-0.15, -0.1) is 0 Å². The van der Waals surface area contributed by atoms with Crippen LogP contribution >= 0.6 is 0 Å². The van der Waals surface area contributed by atoms with Crippen molar-refractivity contribution >= 4 is 5.91 Å². The molecule has 0 aromatic rings. The van der Waals surface area contributed by atoms with E-state index >= 15 is 0 Å². The molecule has 1 saturated heterocycles. The molecule has 0 radical (unpaired) electrons. The molecule has 112 valence electrons. The van der Waals surface area contributed by atoms with Crippen LogP contribution in [0.25, 0.3) is 0 Å². The fourth-order valence-electron chi connectivity index (χ4n) is 3.02. The first kappa shape index (κ1) is 16.4. The van der Waals surface area contributed by atoms with Crippen LogP contribution < -0.4 is 11.1 Å². The van der Waals surface area contributed by atoms with E-state index in [9.17, 15) is 4.79 Å². The Morgan fingerprint density at radius 3 is 2.32 bits per heavy atom. The molecule has 1 rings (SSSR count). The maximum atomic E-state index is 11.4. The van der Waals surface area contributed by atoms with Gasteiger partial charge in [-0.25, -0.2) is 0 Å². The van der Waals surface area contributed by atoms with Crippen molar-refractivity contribution in [1.82, 2.24) is 10.2 Å². The fourth-order valence-corrected chi connectivity index (χ4v) is 3.02. The molecule has 0 saturated carbocycles. The van der Waals surface area contributed by atoms with Crippen molar-refractivity contribution < 1.29 is 4.79 Å². The van der Waals surface area contributed by atoms with Crippen molar-refractivity contribution in [2.45, 2.75) is 59.0 Å². The molecule has 1 amide bonds. The number of primary amides is 1. The standard InChI is InChI=1S/C15H31N3O/c1-5-8-18-9-6-13(7-10-18)12(4)17-14(11(2)3)15(16)19/h11-14,17H,5-10H2,1-4H3,(H2,16,19). The lowest BCUT2D eigenvalue weighted by atomic mass is 9.89. The first-order chi connectivity index (χ1) is 8.95. The lowest BCUT2D eigenvalue weighted by Crippen LogP contribution is -2.52. The first-order valence-electron chi connectivity index (χ1n) is 7.73. The van der Waals surface area contributed by atoms with E-state index in [1.54, 1.807) is 0 Å². The predicted molar refractivity (Wildman–Crippen MR) is 79.9 cm³/mol. The lowest BCUT2D eigenvalue weighted by Gasteiger charge is -2.36. The Bertz CT molecular complexity index is 273. The Morgan fingerprint density at radius 2 is 1.89 bits per heavy atom. The number of piperidine rings is 1. The number of carbonyl (C=O) groups is 1. The van der Waals surface area contributed by atoms with E-state index in [1.807, 2.05) is 13.8 Å². The van der Waals surface area contributed by atoms with Gasteiger partial charge < -0.3 is 16.0 Å². The molecule has 3 N–H and O–H groups in total. The average molecular weight is 269 g/mol. The molecule has 19 heavy (non-hydrogen) atoms. The van der Waals surface area contributed by atoms with Crippen molar-refractivity contribution in [1.29, 1.82) is 0 Å². The largest absolute Gasteiger partial charge is 0.368 e. The van der Waals surface area contributed by atoms with Gasteiger partial charge >= 0.3 is 0 Å². The molecule has 0 aromatic heterocycles. The maximum absolute atomic E-state index is 11.4. The Kier molecular flexibility index (Phi) is 6.80. The van der Waals surface area contributed by atoms with Gasteiger partial charge in [0.1, 0.15) is 0 Å². The van der Waals surface area contributed by atoms with Crippen LogP contribution in [-0.4, -0.2) is 42.5 Å². The third kappa shape index (κ3) is 5.11. The van der Waals surface area contributed by atoms with Crippen molar-refractivity contribution in [3.63, 3.8) is 0 Å². The maximum Gasteiger partial charge on any atom is 0.234 e. The van der Waals surface area contributed by atoms with E-state index < -0.39 is 0 Å². The Hall–Kier alpha value is -0.610. The molecule has 1 aliphatic rings. The fraction of sp³-hybridized carbons (Fsp3) is 0.933. The molecule has 1 fully saturated rings. The third-order valence-electron chi connectivity index (χ3n) is 4.29. The van der Waals surface area contributed by atoms with Crippen LogP contribution in [0.2, 0.25) is 0 Å². The smallest absolute Gasteiger partial charge is 0.234 e. The molecule has 4 heteroatoms. The van der Waals surface area contributed by atoms with Crippen LogP contribution in [0.3, 0.4) is 0 Å². The number of hydrogen-bond acceptors (Lipinski definition) is 3. The summed E-state index contributed by atoms with van der Waals surface area (Å²) in [6, 6.07) is 0.160. The molecule has 0 bridgehead atoms. The van der Waals surface area contributed by atoms with Crippen molar-refractivity contribution in [3.8, 4) is 0 Å². The summed E-state index contributed by atoms with van der Waals surface area (Å²) in [5.41, 5.74) is 5.47. The normalized spacial score (nSPS) is 21.5. The molecular weight excluding hydrogens is 238 g/mol. The highest BCUT2D eigenvalue weighted by Gasteiger charge is 2.27. The number of nitrogens with zero attached hydrogens (tertiary/aromatic N) is 1. The van der Waals surface area contributed by atoms with Crippen LogP contribution in [-0.2, 0) is 4.79 Å². The van der Waals surface area contributed by atoms with Crippen LogP contribution in [0, 0.1) is 11.8 Å². The molecule has 4 nitrogen and oxygen atoms in total. The summed E-state index contributed by atoms with van der Waals surface area (Å²) in [5.74, 6) is 0.680. The van der Waals surface area contributed by atoms with Crippen molar-refractivity contribution in [2.75, 3.05) is 19.6 Å². The quantitative estimate of drug-likeness (QED) is 0.738. The van der Waals surface area contributed by atoms with Crippen LogP contribution in [0.1, 0.15) is 47.0 Å². The number of hydrogen-bond donors (Lipinski definition) is 2. The number of nitrogens with two attached hydrogens (primary N) is 1. The van der Waals surface area contributed by atoms with Gasteiger partial charge in [0, 0.05) is 6.04 Å². The first-order valence-corrected chi connectivity index (χ1v) is 7.73. The predicted octanol–water partition coefficient (Wildman–Crippen LogP) is 1.60. The summed E-state index contributed by atoms with van der Waals surface area (Å²) in [4.78, 5) is 14.0. The highest BCUT2D eigenvalue weighted by atomic mass is 16.1. The second-order valence-corrected chi connectivity index (χ2v) is 6.26. The SMILES string of the molecule is CCCN1CCC(C(C)NC(C(N)=O)C(C)C)CC1. The van der Waals surface area contributed by atoms with E-state index in [1.165, 1.54) is 38.9 Å². The summed E-state index contributed by atoms with van der Waals surface area (Å²) >= 11 is 0. The molecule has 1 aliphatic heterocycles. The van der Waals surface area contributed by atoms with Crippen molar-refractivity contribution in [2.24, 2.45) is 17.6 Å². The molecule has 0 aromatic carbocycles. The molecule has 0 spiro atoms. The van der Waals surface area contributed by atoms with E-state index in [2.05, 4.69) is 24.1 Å². The van der Waals surface area contributed by atoms with E-state index in [-0.39, 0.29) is 17.9 Å². The van der Waals surface area contributed by atoms with E-state index in [4.69, 9.17) is 5.73 Å². The molecule has 0 aliphatic carbocycles. The highest BCUT2D eigenvalue weighted by molar-refractivity contribution is 5.80. The van der Waals surface area contributed by atoms with E-state index in [0.29, 0.717) is 12.0 Å². The average Bonchev–Trinajstić information content (AvgIpc) is 2.36. The van der Waals surface area contributed by atoms with Gasteiger partial charge in [0.25, 0.3) is 0 Å². The number of likely N-dealkylation sites (tertiary alicyclic amines) is 1. The molecular formula is C15H31N3O. The summed E-state index contributed by atoms with van der Waals surface area (Å²) in [5, 5.41) is 3.44. The lowest BCUT2D eigenvalue weighted by molar-refractivity contribution is -0.121. The second kappa shape index (κ2) is 7.85.